The van der Waals surface area contributed by atoms with Gasteiger partial charge in [0.25, 0.3) is 0 Å². The summed E-state index contributed by atoms with van der Waals surface area (Å²) >= 11 is 0. The molecule has 0 unspecified atom stereocenters. The van der Waals surface area contributed by atoms with E-state index in [9.17, 15) is 0 Å². The third-order valence-corrected chi connectivity index (χ3v) is 6.82. The van der Waals surface area contributed by atoms with Crippen molar-refractivity contribution in [1.82, 2.24) is 0 Å². The van der Waals surface area contributed by atoms with Gasteiger partial charge in [-0.15, -0.1) is 0 Å². The van der Waals surface area contributed by atoms with Crippen molar-refractivity contribution in [1.29, 1.82) is 0 Å². The molecule has 1 aliphatic rings. The molecule has 1 aliphatic carbocycles. The van der Waals surface area contributed by atoms with Crippen molar-refractivity contribution in [2.45, 2.75) is 12.3 Å². The molecule has 0 spiro atoms. The number of fused-ring (bicyclic) bond motifs is 3. The van der Waals surface area contributed by atoms with Crippen LogP contribution < -0.4 is 5.32 Å². The molecule has 0 radical (unpaired) electrons. The minimum Gasteiger partial charge on any atom is -0.355 e. The predicted octanol–water partition coefficient (Wildman–Crippen LogP) is 8.10. The first-order valence-electron chi connectivity index (χ1n) is 11.5. The zero-order valence-electron chi connectivity index (χ0n) is 18.6. The van der Waals surface area contributed by atoms with Crippen LogP contribution in [0, 0.1) is 6.92 Å². The maximum atomic E-state index is 3.73. The Morgan fingerprint density at radius 3 is 1.64 bits per heavy atom. The maximum Gasteiger partial charge on any atom is 0.0733 e. The lowest BCUT2D eigenvalue weighted by Gasteiger charge is -2.35. The average Bonchev–Trinajstić information content (AvgIpc) is 3.18. The fraction of sp³-hybridized carbons (Fsp3) is 0.0625. The van der Waals surface area contributed by atoms with Gasteiger partial charge in [-0.05, 0) is 58.5 Å². The molecule has 0 aliphatic heterocycles. The van der Waals surface area contributed by atoms with Crippen molar-refractivity contribution in [2.75, 3.05) is 5.32 Å². The summed E-state index contributed by atoms with van der Waals surface area (Å²) in [6, 6.07) is 46.0. The largest absolute Gasteiger partial charge is 0.355 e. The summed E-state index contributed by atoms with van der Waals surface area (Å²) in [5.41, 5.74) is 10.9. The minimum atomic E-state index is -0.400. The molecule has 0 heterocycles. The number of nitrogens with one attached hydrogen (secondary N) is 1. The summed E-state index contributed by atoms with van der Waals surface area (Å²) in [4.78, 5) is 0. The Bertz CT molecular complexity index is 1390. The Hall–Kier alpha value is -4.10. The van der Waals surface area contributed by atoms with Gasteiger partial charge in [-0.25, -0.2) is 0 Å². The van der Waals surface area contributed by atoms with Crippen molar-refractivity contribution in [2.24, 2.45) is 0 Å². The minimum absolute atomic E-state index is 0.400. The normalized spacial score (nSPS) is 13.2. The van der Waals surface area contributed by atoms with Crippen molar-refractivity contribution in [3.8, 4) is 11.1 Å². The molecule has 1 N–H and O–H groups in total. The number of hydrogen-bond acceptors (Lipinski definition) is 1. The van der Waals surface area contributed by atoms with Crippen LogP contribution >= 0.6 is 0 Å². The summed E-state index contributed by atoms with van der Waals surface area (Å²) in [6.07, 6.45) is 0. The molecular weight excluding hydrogens is 398 g/mol. The highest BCUT2D eigenvalue weighted by Crippen LogP contribution is 2.57. The van der Waals surface area contributed by atoms with Crippen LogP contribution in [0.25, 0.3) is 11.1 Å². The van der Waals surface area contributed by atoms with Gasteiger partial charge >= 0.3 is 0 Å². The van der Waals surface area contributed by atoms with Crippen LogP contribution in [-0.4, -0.2) is 0 Å². The van der Waals surface area contributed by atoms with Crippen LogP contribution in [0.5, 0.6) is 0 Å². The second kappa shape index (κ2) is 7.79. The topological polar surface area (TPSA) is 12.0 Å². The Kier molecular flexibility index (Phi) is 4.62. The molecule has 33 heavy (non-hydrogen) atoms. The molecule has 0 saturated heterocycles. The van der Waals surface area contributed by atoms with Crippen molar-refractivity contribution >= 4 is 11.4 Å². The zero-order chi connectivity index (χ0) is 22.3. The number of para-hydroxylation sites is 1. The Labute approximate surface area is 195 Å². The lowest BCUT2D eigenvalue weighted by atomic mass is 9.67. The SMILES string of the molecule is Cc1ccc(Nc2ccccc2C2(c3ccccc3)c3ccccc3-c3ccccc32)cc1. The maximum absolute atomic E-state index is 3.73. The van der Waals surface area contributed by atoms with E-state index in [0.717, 1.165) is 11.4 Å². The Balaban J connectivity index is 1.68. The molecule has 158 valence electrons. The zero-order valence-corrected chi connectivity index (χ0v) is 18.6. The van der Waals surface area contributed by atoms with Gasteiger partial charge in [-0.2, -0.15) is 0 Å². The fourth-order valence-electron chi connectivity index (χ4n) is 5.39. The van der Waals surface area contributed by atoms with E-state index in [1.807, 2.05) is 0 Å². The molecule has 0 bridgehead atoms. The monoisotopic (exact) mass is 423 g/mol. The van der Waals surface area contributed by atoms with Crippen LogP contribution in [0.4, 0.5) is 11.4 Å². The van der Waals surface area contributed by atoms with Crippen molar-refractivity contribution in [3.63, 3.8) is 0 Å². The second-order valence-electron chi connectivity index (χ2n) is 8.74. The van der Waals surface area contributed by atoms with Crippen LogP contribution in [0.1, 0.15) is 27.8 Å². The van der Waals surface area contributed by atoms with Gasteiger partial charge in [0.05, 0.1) is 5.41 Å². The van der Waals surface area contributed by atoms with E-state index in [-0.39, 0.29) is 0 Å². The smallest absolute Gasteiger partial charge is 0.0733 e. The van der Waals surface area contributed by atoms with Crippen LogP contribution in [0.2, 0.25) is 0 Å². The first-order valence-corrected chi connectivity index (χ1v) is 11.5. The van der Waals surface area contributed by atoms with E-state index in [2.05, 4.69) is 140 Å². The van der Waals surface area contributed by atoms with E-state index < -0.39 is 5.41 Å². The molecule has 5 aromatic carbocycles. The van der Waals surface area contributed by atoms with E-state index in [1.165, 1.54) is 38.9 Å². The molecule has 0 saturated carbocycles. The Morgan fingerprint density at radius 1 is 0.485 bits per heavy atom. The average molecular weight is 424 g/mol. The van der Waals surface area contributed by atoms with E-state index >= 15 is 0 Å². The number of aryl methyl sites for hydroxylation is 1. The quantitative estimate of drug-likeness (QED) is 0.302. The molecular formula is C32H25N. The second-order valence-corrected chi connectivity index (χ2v) is 8.74. The summed E-state index contributed by atoms with van der Waals surface area (Å²) in [7, 11) is 0. The highest BCUT2D eigenvalue weighted by atomic mass is 14.9. The number of anilines is 2. The first kappa shape index (κ1) is 19.6. The van der Waals surface area contributed by atoms with Crippen molar-refractivity contribution in [3.05, 3.63) is 155 Å². The van der Waals surface area contributed by atoms with E-state index in [1.54, 1.807) is 0 Å². The molecule has 5 aromatic rings. The van der Waals surface area contributed by atoms with Gasteiger partial charge in [-0.1, -0.05) is 115 Å². The summed E-state index contributed by atoms with van der Waals surface area (Å²) < 4.78 is 0. The summed E-state index contributed by atoms with van der Waals surface area (Å²) in [6.45, 7) is 2.12. The molecule has 6 rings (SSSR count). The van der Waals surface area contributed by atoms with E-state index in [4.69, 9.17) is 0 Å². The lowest BCUT2D eigenvalue weighted by molar-refractivity contribution is 0.771. The number of rotatable bonds is 4. The lowest BCUT2D eigenvalue weighted by Crippen LogP contribution is -2.29. The summed E-state index contributed by atoms with van der Waals surface area (Å²) in [5, 5.41) is 3.73. The molecule has 1 nitrogen and oxygen atoms in total. The van der Waals surface area contributed by atoms with Gasteiger partial charge in [0.1, 0.15) is 0 Å². The molecule has 0 atom stereocenters. The first-order chi connectivity index (χ1) is 16.3. The van der Waals surface area contributed by atoms with Gasteiger partial charge in [0.15, 0.2) is 0 Å². The third-order valence-electron chi connectivity index (χ3n) is 6.82. The number of hydrogen-bond donors (Lipinski definition) is 1. The van der Waals surface area contributed by atoms with Gasteiger partial charge in [-0.3, -0.25) is 0 Å². The Morgan fingerprint density at radius 2 is 1.00 bits per heavy atom. The van der Waals surface area contributed by atoms with Gasteiger partial charge in [0, 0.05) is 11.4 Å². The predicted molar refractivity (Wildman–Crippen MR) is 138 cm³/mol. The van der Waals surface area contributed by atoms with E-state index in [0.29, 0.717) is 0 Å². The molecule has 0 amide bonds. The highest BCUT2D eigenvalue weighted by Gasteiger charge is 2.46. The van der Waals surface area contributed by atoms with Gasteiger partial charge in [0.2, 0.25) is 0 Å². The van der Waals surface area contributed by atoms with Gasteiger partial charge < -0.3 is 5.32 Å². The molecule has 0 fully saturated rings. The fourth-order valence-corrected chi connectivity index (χ4v) is 5.39. The highest BCUT2D eigenvalue weighted by molar-refractivity contribution is 5.88. The number of benzene rings is 5. The van der Waals surface area contributed by atoms with Crippen LogP contribution in [0.15, 0.2) is 127 Å². The standard InChI is InChI=1S/C32H25N/c1-23-19-21-25(22-20-23)33-31-18-10-9-17-30(31)32(24-11-3-2-4-12-24)28-15-7-5-13-26(28)27-14-6-8-16-29(27)32/h2-22,33H,1H3. The van der Waals surface area contributed by atoms with Crippen LogP contribution in [0.3, 0.4) is 0 Å². The van der Waals surface area contributed by atoms with Crippen LogP contribution in [-0.2, 0) is 5.41 Å². The molecule has 0 aromatic heterocycles. The molecule has 1 heteroatoms. The third kappa shape index (κ3) is 3.01. The van der Waals surface area contributed by atoms with Crippen molar-refractivity contribution < 1.29 is 0 Å². The summed E-state index contributed by atoms with van der Waals surface area (Å²) in [5.74, 6) is 0.